The Morgan fingerprint density at radius 3 is 2.25 bits per heavy atom. The lowest BCUT2D eigenvalue weighted by Gasteiger charge is -2.46. The molecule has 0 bridgehead atoms. The van der Waals surface area contributed by atoms with E-state index < -0.39 is 0 Å². The third kappa shape index (κ3) is 5.29. The van der Waals surface area contributed by atoms with Gasteiger partial charge < -0.3 is 16.6 Å². The van der Waals surface area contributed by atoms with Crippen LogP contribution in [-0.4, -0.2) is 23.3 Å². The second kappa shape index (κ2) is 9.45. The van der Waals surface area contributed by atoms with Crippen LogP contribution in [0.25, 0.3) is 0 Å². The molecule has 3 heteroatoms. The van der Waals surface area contributed by atoms with Crippen LogP contribution in [0.4, 0.5) is 0 Å². The Morgan fingerprint density at radius 2 is 1.68 bits per heavy atom. The van der Waals surface area contributed by atoms with Crippen molar-refractivity contribution in [3.05, 3.63) is 23.8 Å². The standard InChI is InChI=1S/C25H46N2O/c1-17(2)23(28)11-10-18(3)25(6)13-12-20(24(25,4)5)9-7-8-19-14-21(26)16-22(27)15-19/h7-9,17-18,20-23,28H,10-16,26-27H2,1-6H3/b9-7+/t18-,20+,21+,22+,23+,25+/m0/s1. The molecular weight excluding hydrogens is 344 g/mol. The Balaban J connectivity index is 2.01. The number of allylic oxidation sites excluding steroid dienone is 3. The summed E-state index contributed by atoms with van der Waals surface area (Å²) in [7, 11) is 0. The zero-order chi connectivity index (χ0) is 21.1. The van der Waals surface area contributed by atoms with Gasteiger partial charge in [-0.05, 0) is 73.5 Å². The molecule has 0 amide bonds. The fraction of sp³-hybridized carbons (Fsp3) is 0.840. The number of hydrogen-bond acceptors (Lipinski definition) is 3. The van der Waals surface area contributed by atoms with Gasteiger partial charge in [0.1, 0.15) is 0 Å². The zero-order valence-electron chi connectivity index (χ0n) is 19.2. The molecule has 2 fully saturated rings. The second-order valence-electron chi connectivity index (χ2n) is 10.9. The van der Waals surface area contributed by atoms with Crippen LogP contribution >= 0.6 is 0 Å². The van der Waals surface area contributed by atoms with Crippen LogP contribution in [0.15, 0.2) is 23.8 Å². The van der Waals surface area contributed by atoms with Crippen molar-refractivity contribution in [1.29, 1.82) is 0 Å². The Bertz CT molecular complexity index is 553. The molecule has 3 nitrogen and oxygen atoms in total. The number of aliphatic hydroxyl groups excluding tert-OH is 1. The smallest absolute Gasteiger partial charge is 0.0563 e. The quantitative estimate of drug-likeness (QED) is 0.560. The monoisotopic (exact) mass is 390 g/mol. The first kappa shape index (κ1) is 23.6. The van der Waals surface area contributed by atoms with Crippen molar-refractivity contribution < 1.29 is 5.11 Å². The highest BCUT2D eigenvalue weighted by molar-refractivity contribution is 5.19. The van der Waals surface area contributed by atoms with E-state index in [1.165, 1.54) is 18.4 Å². The number of nitrogens with two attached hydrogens (primary N) is 2. The lowest BCUT2D eigenvalue weighted by Crippen LogP contribution is -2.39. The largest absolute Gasteiger partial charge is 0.393 e. The topological polar surface area (TPSA) is 72.3 Å². The minimum absolute atomic E-state index is 0.175. The Kier molecular flexibility index (Phi) is 7.98. The van der Waals surface area contributed by atoms with Crippen molar-refractivity contribution in [1.82, 2.24) is 0 Å². The summed E-state index contributed by atoms with van der Waals surface area (Å²) in [5.41, 5.74) is 14.2. The van der Waals surface area contributed by atoms with Gasteiger partial charge in [0.05, 0.1) is 6.10 Å². The molecule has 0 heterocycles. The zero-order valence-corrected chi connectivity index (χ0v) is 19.2. The molecule has 0 aromatic heterocycles. The Hall–Kier alpha value is -0.640. The summed E-state index contributed by atoms with van der Waals surface area (Å²) >= 11 is 0. The first-order valence-corrected chi connectivity index (χ1v) is 11.5. The molecule has 0 unspecified atom stereocenters. The molecule has 162 valence electrons. The minimum atomic E-state index is -0.175. The highest BCUT2D eigenvalue weighted by atomic mass is 16.3. The van der Waals surface area contributed by atoms with Gasteiger partial charge in [0.25, 0.3) is 0 Å². The second-order valence-corrected chi connectivity index (χ2v) is 10.9. The van der Waals surface area contributed by atoms with Crippen LogP contribution < -0.4 is 11.5 Å². The van der Waals surface area contributed by atoms with E-state index in [0.717, 1.165) is 32.1 Å². The molecule has 5 N–H and O–H groups in total. The third-order valence-electron chi connectivity index (χ3n) is 8.46. The van der Waals surface area contributed by atoms with Crippen LogP contribution in [0.5, 0.6) is 0 Å². The highest BCUT2D eigenvalue weighted by Crippen LogP contribution is 2.60. The van der Waals surface area contributed by atoms with E-state index in [4.69, 9.17) is 11.5 Å². The maximum absolute atomic E-state index is 10.2. The predicted molar refractivity (Wildman–Crippen MR) is 121 cm³/mol. The van der Waals surface area contributed by atoms with Gasteiger partial charge in [-0.3, -0.25) is 0 Å². The van der Waals surface area contributed by atoms with E-state index in [9.17, 15) is 5.11 Å². The van der Waals surface area contributed by atoms with Crippen LogP contribution in [0, 0.1) is 28.6 Å². The average molecular weight is 391 g/mol. The van der Waals surface area contributed by atoms with Gasteiger partial charge in [-0.15, -0.1) is 0 Å². The fourth-order valence-corrected chi connectivity index (χ4v) is 5.63. The van der Waals surface area contributed by atoms with E-state index in [1.807, 2.05) is 0 Å². The van der Waals surface area contributed by atoms with Crippen molar-refractivity contribution in [3.63, 3.8) is 0 Å². The fourth-order valence-electron chi connectivity index (χ4n) is 5.63. The predicted octanol–water partition coefficient (Wildman–Crippen LogP) is 5.18. The third-order valence-corrected chi connectivity index (χ3v) is 8.46. The molecule has 2 aliphatic carbocycles. The van der Waals surface area contributed by atoms with Crippen LogP contribution in [-0.2, 0) is 0 Å². The Labute approximate surface area is 174 Å². The summed E-state index contributed by atoms with van der Waals surface area (Å²) in [6.07, 6.45) is 14.2. The van der Waals surface area contributed by atoms with E-state index >= 15 is 0 Å². The number of hydrogen-bond donors (Lipinski definition) is 3. The molecule has 28 heavy (non-hydrogen) atoms. The molecule has 0 radical (unpaired) electrons. The normalized spacial score (nSPS) is 35.5. The lowest BCUT2D eigenvalue weighted by atomic mass is 9.59. The summed E-state index contributed by atoms with van der Waals surface area (Å²) in [6, 6.07) is 0.438. The van der Waals surface area contributed by atoms with E-state index in [2.05, 4.69) is 59.8 Å². The highest BCUT2D eigenvalue weighted by Gasteiger charge is 2.52. The van der Waals surface area contributed by atoms with E-state index in [1.54, 1.807) is 0 Å². The Morgan fingerprint density at radius 1 is 1.07 bits per heavy atom. The molecule has 0 saturated heterocycles. The van der Waals surface area contributed by atoms with Crippen molar-refractivity contribution in [3.8, 4) is 0 Å². The van der Waals surface area contributed by atoms with Crippen LogP contribution in [0.2, 0.25) is 0 Å². The summed E-state index contributed by atoms with van der Waals surface area (Å²) in [5.74, 6) is 1.56. The summed E-state index contributed by atoms with van der Waals surface area (Å²) in [5, 5.41) is 10.2. The van der Waals surface area contributed by atoms with Crippen molar-refractivity contribution in [2.45, 2.75) is 105 Å². The maximum atomic E-state index is 10.2. The number of aliphatic hydroxyl groups is 1. The maximum Gasteiger partial charge on any atom is 0.0563 e. The van der Waals surface area contributed by atoms with Crippen molar-refractivity contribution >= 4 is 0 Å². The number of rotatable bonds is 7. The molecule has 2 rings (SSSR count). The SMILES string of the molecule is CC(C)[C@H](O)CC[C@H](C)[C@@]1(C)CC[C@@H](/C=C/C=C2C[C@@H](N)C[C@H](N)C2)C1(C)C. The summed E-state index contributed by atoms with van der Waals surface area (Å²) < 4.78 is 0. The molecule has 0 aliphatic heterocycles. The molecule has 2 aliphatic rings. The molecule has 2 saturated carbocycles. The van der Waals surface area contributed by atoms with Gasteiger partial charge in [-0.1, -0.05) is 65.3 Å². The van der Waals surface area contributed by atoms with Gasteiger partial charge in [-0.25, -0.2) is 0 Å². The van der Waals surface area contributed by atoms with Gasteiger partial charge >= 0.3 is 0 Å². The first-order chi connectivity index (χ1) is 13.0. The minimum Gasteiger partial charge on any atom is -0.393 e. The summed E-state index contributed by atoms with van der Waals surface area (Å²) in [4.78, 5) is 0. The van der Waals surface area contributed by atoms with E-state index in [0.29, 0.717) is 23.2 Å². The van der Waals surface area contributed by atoms with Crippen molar-refractivity contribution in [2.24, 2.45) is 40.1 Å². The summed E-state index contributed by atoms with van der Waals surface area (Å²) in [6.45, 7) is 14.0. The van der Waals surface area contributed by atoms with E-state index in [-0.39, 0.29) is 23.6 Å². The van der Waals surface area contributed by atoms with Gasteiger partial charge in [0.2, 0.25) is 0 Å². The molecule has 0 aromatic rings. The van der Waals surface area contributed by atoms with Crippen molar-refractivity contribution in [2.75, 3.05) is 0 Å². The van der Waals surface area contributed by atoms with Crippen LogP contribution in [0.3, 0.4) is 0 Å². The molecule has 6 atom stereocenters. The van der Waals surface area contributed by atoms with Crippen LogP contribution in [0.1, 0.15) is 86.5 Å². The van der Waals surface area contributed by atoms with Gasteiger partial charge in [-0.2, -0.15) is 0 Å². The van der Waals surface area contributed by atoms with Gasteiger partial charge in [0, 0.05) is 12.1 Å². The average Bonchev–Trinajstić information content (AvgIpc) is 2.82. The lowest BCUT2D eigenvalue weighted by molar-refractivity contribution is 0.0277. The molecular formula is C25H46N2O. The first-order valence-electron chi connectivity index (χ1n) is 11.5. The van der Waals surface area contributed by atoms with Gasteiger partial charge in [0.15, 0.2) is 0 Å². The molecule has 0 aromatic carbocycles. The molecule has 0 spiro atoms.